The van der Waals surface area contributed by atoms with Gasteiger partial charge in [0.2, 0.25) is 11.8 Å². The molecule has 0 bridgehead atoms. The first-order valence-corrected chi connectivity index (χ1v) is 7.03. The molecule has 1 rings (SSSR count). The van der Waals surface area contributed by atoms with Crippen molar-refractivity contribution in [2.75, 3.05) is 26.3 Å². The van der Waals surface area contributed by atoms with Crippen molar-refractivity contribution in [1.82, 2.24) is 10.2 Å². The summed E-state index contributed by atoms with van der Waals surface area (Å²) in [4.78, 5) is 25.6. The zero-order chi connectivity index (χ0) is 14.5. The second-order valence-electron chi connectivity index (χ2n) is 6.04. The molecule has 0 aromatic heterocycles. The molecule has 1 aliphatic rings. The third-order valence-corrected chi connectivity index (χ3v) is 3.23. The number of nitrogens with zero attached hydrogens (tertiary/aromatic N) is 1. The van der Waals surface area contributed by atoms with Gasteiger partial charge in [-0.15, -0.1) is 0 Å². The number of nitrogens with one attached hydrogen (secondary N) is 1. The summed E-state index contributed by atoms with van der Waals surface area (Å²) in [5.74, 6) is -0.0979. The maximum Gasteiger partial charge on any atom is 0.243 e. The normalized spacial score (nSPS) is 20.6. The molecular weight excluding hydrogens is 244 g/mol. The van der Waals surface area contributed by atoms with E-state index in [0.717, 1.165) is 12.8 Å². The van der Waals surface area contributed by atoms with E-state index < -0.39 is 6.04 Å². The molecule has 110 valence electrons. The molecule has 1 saturated heterocycles. The number of piperazine rings is 1. The lowest BCUT2D eigenvalue weighted by Gasteiger charge is -2.41. The fourth-order valence-electron chi connectivity index (χ4n) is 2.27. The number of hydrogen-bond acceptors (Lipinski definition) is 3. The van der Waals surface area contributed by atoms with Gasteiger partial charge in [0.15, 0.2) is 0 Å². The van der Waals surface area contributed by atoms with Gasteiger partial charge in [-0.3, -0.25) is 9.59 Å². The van der Waals surface area contributed by atoms with Crippen molar-refractivity contribution in [3.8, 4) is 0 Å². The number of rotatable bonds is 6. The Morgan fingerprint density at radius 3 is 2.58 bits per heavy atom. The molecule has 1 atom stereocenters. The van der Waals surface area contributed by atoms with Crippen molar-refractivity contribution in [3.63, 3.8) is 0 Å². The van der Waals surface area contributed by atoms with Crippen LogP contribution >= 0.6 is 0 Å². The lowest BCUT2D eigenvalue weighted by Crippen LogP contribution is -2.63. The van der Waals surface area contributed by atoms with E-state index in [0.29, 0.717) is 19.8 Å². The number of carbonyl (C=O) groups is 2. The highest BCUT2D eigenvalue weighted by molar-refractivity contribution is 5.95. The quantitative estimate of drug-likeness (QED) is 0.737. The Hall–Kier alpha value is -1.10. The van der Waals surface area contributed by atoms with E-state index in [-0.39, 0.29) is 23.8 Å². The molecule has 1 heterocycles. The van der Waals surface area contributed by atoms with Crippen LogP contribution < -0.4 is 5.32 Å². The maximum absolute atomic E-state index is 12.0. The zero-order valence-electron chi connectivity index (χ0n) is 12.5. The third-order valence-electron chi connectivity index (χ3n) is 3.23. The fraction of sp³-hybridized carbons (Fsp3) is 0.857. The van der Waals surface area contributed by atoms with Gasteiger partial charge in [-0.25, -0.2) is 0 Å². The van der Waals surface area contributed by atoms with Crippen LogP contribution in [-0.4, -0.2) is 49.1 Å². The highest BCUT2D eigenvalue weighted by Gasteiger charge is 2.41. The Kier molecular flexibility index (Phi) is 5.79. The lowest BCUT2D eigenvalue weighted by molar-refractivity contribution is -0.150. The minimum atomic E-state index is -0.413. The molecule has 1 fully saturated rings. The highest BCUT2D eigenvalue weighted by Crippen LogP contribution is 2.26. The van der Waals surface area contributed by atoms with Crippen LogP contribution in [0, 0.1) is 5.41 Å². The molecule has 0 aliphatic carbocycles. The zero-order valence-corrected chi connectivity index (χ0v) is 12.5. The van der Waals surface area contributed by atoms with Crippen LogP contribution in [0.2, 0.25) is 0 Å². The molecule has 5 nitrogen and oxygen atoms in total. The van der Waals surface area contributed by atoms with Gasteiger partial charge in [-0.2, -0.15) is 0 Å². The Morgan fingerprint density at radius 1 is 1.32 bits per heavy atom. The van der Waals surface area contributed by atoms with Gasteiger partial charge >= 0.3 is 0 Å². The minimum absolute atomic E-state index is 0.0291. The molecular formula is C14H26N2O3. The molecule has 0 aromatic rings. The van der Waals surface area contributed by atoms with Crippen molar-refractivity contribution in [3.05, 3.63) is 0 Å². The number of carbonyl (C=O) groups excluding carboxylic acids is 2. The first kappa shape index (κ1) is 16.0. The van der Waals surface area contributed by atoms with Crippen molar-refractivity contribution in [1.29, 1.82) is 0 Å². The van der Waals surface area contributed by atoms with E-state index in [1.165, 1.54) is 0 Å². The van der Waals surface area contributed by atoms with Crippen LogP contribution in [-0.2, 0) is 14.3 Å². The Balaban J connectivity index is 2.59. The fourth-order valence-corrected chi connectivity index (χ4v) is 2.27. The summed E-state index contributed by atoms with van der Waals surface area (Å²) >= 11 is 0. The lowest BCUT2D eigenvalue weighted by atomic mass is 9.84. The first-order valence-electron chi connectivity index (χ1n) is 7.03. The van der Waals surface area contributed by atoms with Crippen molar-refractivity contribution in [2.45, 2.75) is 46.6 Å². The van der Waals surface area contributed by atoms with E-state index in [9.17, 15) is 9.59 Å². The van der Waals surface area contributed by atoms with E-state index in [1.807, 2.05) is 20.8 Å². The molecule has 19 heavy (non-hydrogen) atoms. The summed E-state index contributed by atoms with van der Waals surface area (Å²) in [6.07, 6.45) is 2.12. The summed E-state index contributed by atoms with van der Waals surface area (Å²) in [5.41, 5.74) is -0.274. The molecule has 0 spiro atoms. The Bertz CT molecular complexity index is 323. The van der Waals surface area contributed by atoms with E-state index >= 15 is 0 Å². The third kappa shape index (κ3) is 4.49. The van der Waals surface area contributed by atoms with Gasteiger partial charge in [0.05, 0.1) is 13.2 Å². The summed E-state index contributed by atoms with van der Waals surface area (Å²) < 4.78 is 5.50. The average Bonchev–Trinajstić information content (AvgIpc) is 2.31. The maximum atomic E-state index is 12.0. The number of ether oxygens (including phenoxy) is 1. The van der Waals surface area contributed by atoms with Crippen LogP contribution in [0.15, 0.2) is 0 Å². The summed E-state index contributed by atoms with van der Waals surface area (Å²) in [6.45, 7) is 9.81. The van der Waals surface area contributed by atoms with Gasteiger partial charge < -0.3 is 15.0 Å². The molecule has 1 unspecified atom stereocenters. The van der Waals surface area contributed by atoms with Crippen LogP contribution in [0.5, 0.6) is 0 Å². The molecule has 1 N–H and O–H groups in total. The Morgan fingerprint density at radius 2 is 2.00 bits per heavy atom. The Labute approximate surface area is 115 Å². The number of hydrogen-bond donors (Lipinski definition) is 1. The van der Waals surface area contributed by atoms with Gasteiger partial charge in [0.1, 0.15) is 6.04 Å². The SMILES string of the molecule is CCCCOCCN1C(=O)CNC(=O)C1C(C)(C)C. The largest absolute Gasteiger partial charge is 0.380 e. The van der Waals surface area contributed by atoms with Gasteiger partial charge in [-0.05, 0) is 11.8 Å². The van der Waals surface area contributed by atoms with Gasteiger partial charge in [0, 0.05) is 13.2 Å². The molecule has 1 aliphatic heterocycles. The second-order valence-corrected chi connectivity index (χ2v) is 6.04. The molecule has 2 amide bonds. The smallest absolute Gasteiger partial charge is 0.243 e. The van der Waals surface area contributed by atoms with Crippen molar-refractivity contribution < 1.29 is 14.3 Å². The standard InChI is InChI=1S/C14H26N2O3/c1-5-6-8-19-9-7-16-11(17)10-15-13(18)12(16)14(2,3)4/h12H,5-10H2,1-4H3,(H,15,18). The first-order chi connectivity index (χ1) is 8.88. The summed E-state index contributed by atoms with van der Waals surface area (Å²) in [6, 6.07) is -0.413. The predicted octanol–water partition coefficient (Wildman–Crippen LogP) is 1.18. The van der Waals surface area contributed by atoms with Crippen LogP contribution in [0.4, 0.5) is 0 Å². The molecule has 0 saturated carbocycles. The van der Waals surface area contributed by atoms with E-state index in [2.05, 4.69) is 12.2 Å². The van der Waals surface area contributed by atoms with Crippen molar-refractivity contribution >= 4 is 11.8 Å². The average molecular weight is 270 g/mol. The van der Waals surface area contributed by atoms with Crippen LogP contribution in [0.1, 0.15) is 40.5 Å². The topological polar surface area (TPSA) is 58.6 Å². The van der Waals surface area contributed by atoms with Crippen LogP contribution in [0.25, 0.3) is 0 Å². The number of unbranched alkanes of at least 4 members (excludes halogenated alkanes) is 1. The van der Waals surface area contributed by atoms with Gasteiger partial charge in [0.25, 0.3) is 0 Å². The van der Waals surface area contributed by atoms with E-state index in [1.54, 1.807) is 4.90 Å². The molecule has 0 aromatic carbocycles. The number of amides is 2. The molecule has 5 heteroatoms. The van der Waals surface area contributed by atoms with Crippen LogP contribution in [0.3, 0.4) is 0 Å². The molecule has 0 radical (unpaired) electrons. The second kappa shape index (κ2) is 6.89. The highest BCUT2D eigenvalue weighted by atomic mass is 16.5. The minimum Gasteiger partial charge on any atom is -0.380 e. The van der Waals surface area contributed by atoms with Crippen molar-refractivity contribution in [2.24, 2.45) is 5.41 Å². The van der Waals surface area contributed by atoms with Gasteiger partial charge in [-0.1, -0.05) is 34.1 Å². The predicted molar refractivity (Wildman–Crippen MR) is 73.7 cm³/mol. The van der Waals surface area contributed by atoms with E-state index in [4.69, 9.17) is 4.74 Å². The summed E-state index contributed by atoms with van der Waals surface area (Å²) in [5, 5.41) is 2.66. The summed E-state index contributed by atoms with van der Waals surface area (Å²) in [7, 11) is 0. The monoisotopic (exact) mass is 270 g/mol.